The van der Waals surface area contributed by atoms with Gasteiger partial charge in [0.1, 0.15) is 0 Å². The summed E-state index contributed by atoms with van der Waals surface area (Å²) in [4.78, 5) is 44.3. The number of hydrogen-bond donors (Lipinski definition) is 0. The van der Waals surface area contributed by atoms with Gasteiger partial charge in [-0.25, -0.2) is 14.6 Å². The summed E-state index contributed by atoms with van der Waals surface area (Å²) in [5.41, 5.74) is 2.47. The molecule has 244 valence electrons. The number of ether oxygens (including phenoxy) is 6. The van der Waals surface area contributed by atoms with Gasteiger partial charge in [0.15, 0.2) is 34.4 Å². The van der Waals surface area contributed by atoms with Crippen molar-refractivity contribution in [3.63, 3.8) is 0 Å². The quantitative estimate of drug-likeness (QED) is 0.189. The first-order valence-electron chi connectivity index (χ1n) is 14.8. The molecular formula is C34H38N2O9S. The summed E-state index contributed by atoms with van der Waals surface area (Å²) < 4.78 is 34.9. The number of allylic oxidation sites excluding steroid dienone is 2. The van der Waals surface area contributed by atoms with Crippen LogP contribution in [0.25, 0.3) is 6.08 Å². The molecule has 12 heteroatoms. The van der Waals surface area contributed by atoms with Gasteiger partial charge >= 0.3 is 11.9 Å². The van der Waals surface area contributed by atoms with Crippen LogP contribution < -0.4 is 33.8 Å². The van der Waals surface area contributed by atoms with E-state index in [4.69, 9.17) is 23.7 Å². The van der Waals surface area contributed by atoms with Crippen molar-refractivity contribution in [3.8, 4) is 23.0 Å². The number of esters is 2. The molecule has 2 heterocycles. The maximum absolute atomic E-state index is 14.2. The van der Waals surface area contributed by atoms with Gasteiger partial charge in [-0.3, -0.25) is 9.36 Å². The lowest BCUT2D eigenvalue weighted by Gasteiger charge is -2.25. The molecule has 1 atom stereocenters. The first-order valence-corrected chi connectivity index (χ1v) is 15.6. The van der Waals surface area contributed by atoms with Crippen molar-refractivity contribution >= 4 is 29.4 Å². The van der Waals surface area contributed by atoms with Crippen molar-refractivity contribution in [1.82, 2.24) is 4.57 Å². The second-order valence-corrected chi connectivity index (χ2v) is 11.0. The molecule has 11 nitrogen and oxygen atoms in total. The van der Waals surface area contributed by atoms with Gasteiger partial charge in [0, 0.05) is 5.56 Å². The van der Waals surface area contributed by atoms with Gasteiger partial charge in [0.2, 0.25) is 0 Å². The molecule has 4 rings (SSSR count). The Bertz CT molecular complexity index is 1840. The van der Waals surface area contributed by atoms with Crippen LogP contribution in [0.2, 0.25) is 0 Å². The molecule has 0 radical (unpaired) electrons. The van der Waals surface area contributed by atoms with Crippen molar-refractivity contribution in [2.75, 3.05) is 40.6 Å². The largest absolute Gasteiger partial charge is 0.493 e. The zero-order chi connectivity index (χ0) is 33.4. The van der Waals surface area contributed by atoms with Crippen LogP contribution in [0.3, 0.4) is 0 Å². The van der Waals surface area contributed by atoms with Gasteiger partial charge in [-0.2, -0.15) is 0 Å². The molecule has 0 amide bonds. The fourth-order valence-electron chi connectivity index (χ4n) is 5.07. The maximum atomic E-state index is 14.2. The molecular weight excluding hydrogens is 612 g/mol. The molecule has 0 N–H and O–H groups in total. The number of aromatic nitrogens is 1. The number of methoxy groups -OCH3 is 2. The average Bonchev–Trinajstić information content (AvgIpc) is 3.34. The van der Waals surface area contributed by atoms with Gasteiger partial charge in [-0.05, 0) is 75.6 Å². The minimum absolute atomic E-state index is 0.143. The Balaban J connectivity index is 1.92. The highest BCUT2D eigenvalue weighted by molar-refractivity contribution is 7.07. The predicted octanol–water partition coefficient (Wildman–Crippen LogP) is 3.88. The van der Waals surface area contributed by atoms with E-state index in [0.717, 1.165) is 11.1 Å². The van der Waals surface area contributed by atoms with Gasteiger partial charge in [0.05, 0.1) is 55.9 Å². The molecule has 1 aromatic heterocycles. The van der Waals surface area contributed by atoms with Crippen LogP contribution in [0, 0.1) is 0 Å². The first-order chi connectivity index (χ1) is 22.2. The molecule has 1 aliphatic heterocycles. The fourth-order valence-corrected chi connectivity index (χ4v) is 6.12. The van der Waals surface area contributed by atoms with E-state index in [1.807, 2.05) is 26.0 Å². The number of hydrogen-bond acceptors (Lipinski definition) is 11. The number of thiazole rings is 1. The van der Waals surface area contributed by atoms with E-state index in [-0.39, 0.29) is 24.3 Å². The second kappa shape index (κ2) is 15.4. The molecule has 1 aliphatic rings. The maximum Gasteiger partial charge on any atom is 0.343 e. The lowest BCUT2D eigenvalue weighted by atomic mass is 9.95. The second-order valence-electron chi connectivity index (χ2n) is 9.94. The highest BCUT2D eigenvalue weighted by Crippen LogP contribution is 2.37. The standard InChI is InChI=1S/C34H38N2O9S/c1-8-12-23-15-21(16-26(40-6)31(23)43-10-3)17-27-32(38)36-30(29(33(39)44-11-4)20(5)35-34(36)46-27)22-13-14-24(25(18-22)42-9-2)45-19-28(37)41-7/h8,13-18,30H,1,9-12,19H2,2-7H3/b27-17-/t30-/m0/s1. The summed E-state index contributed by atoms with van der Waals surface area (Å²) in [5, 5.41) is 0. The third-order valence-corrected chi connectivity index (χ3v) is 7.98. The number of benzene rings is 2. The summed E-state index contributed by atoms with van der Waals surface area (Å²) in [6.45, 7) is 11.6. The Hall–Kier alpha value is -4.84. The highest BCUT2D eigenvalue weighted by Gasteiger charge is 2.34. The van der Waals surface area contributed by atoms with Gasteiger partial charge < -0.3 is 28.4 Å². The lowest BCUT2D eigenvalue weighted by molar-refractivity contribution is -0.143. The van der Waals surface area contributed by atoms with Crippen molar-refractivity contribution < 1.29 is 38.0 Å². The van der Waals surface area contributed by atoms with E-state index in [1.54, 1.807) is 51.3 Å². The fraction of sp³-hybridized carbons (Fsp3) is 0.353. The van der Waals surface area contributed by atoms with Crippen LogP contribution in [0.5, 0.6) is 23.0 Å². The molecule has 3 aromatic rings. The topological polar surface area (TPSA) is 124 Å². The third-order valence-electron chi connectivity index (χ3n) is 7.00. The SMILES string of the molecule is C=CCc1cc(/C=c2\sc3n(c2=O)[C@@H](c2ccc(OCC(=O)OC)c(OCC)c2)C(C(=O)OCC)=C(C)N=3)cc(OC)c1OCC. The number of nitrogens with zero attached hydrogens (tertiary/aromatic N) is 2. The van der Waals surface area contributed by atoms with Gasteiger partial charge in [-0.1, -0.05) is 23.5 Å². The number of rotatable bonds is 14. The number of fused-ring (bicyclic) bond motifs is 1. The summed E-state index contributed by atoms with van der Waals surface area (Å²) in [6.07, 6.45) is 4.08. The smallest absolute Gasteiger partial charge is 0.343 e. The van der Waals surface area contributed by atoms with Crippen molar-refractivity contribution in [2.45, 2.75) is 40.2 Å². The number of carbonyl (C=O) groups excluding carboxylic acids is 2. The minimum Gasteiger partial charge on any atom is -0.493 e. The molecule has 0 spiro atoms. The summed E-state index contributed by atoms with van der Waals surface area (Å²) in [7, 11) is 2.83. The van der Waals surface area contributed by atoms with Crippen LogP contribution in [0.1, 0.15) is 50.4 Å². The summed E-state index contributed by atoms with van der Waals surface area (Å²) >= 11 is 1.21. The zero-order valence-corrected chi connectivity index (χ0v) is 27.7. The Morgan fingerprint density at radius 2 is 1.76 bits per heavy atom. The normalized spacial score (nSPS) is 14.2. The van der Waals surface area contributed by atoms with E-state index >= 15 is 0 Å². The van der Waals surface area contributed by atoms with Crippen LogP contribution in [0.15, 0.2) is 64.0 Å². The van der Waals surface area contributed by atoms with E-state index in [9.17, 15) is 14.4 Å². The molecule has 0 saturated heterocycles. The highest BCUT2D eigenvalue weighted by atomic mass is 32.1. The Labute approximate surface area is 271 Å². The van der Waals surface area contributed by atoms with E-state index in [0.29, 0.717) is 63.2 Å². The van der Waals surface area contributed by atoms with Crippen molar-refractivity contribution in [1.29, 1.82) is 0 Å². The van der Waals surface area contributed by atoms with Crippen LogP contribution in [0.4, 0.5) is 0 Å². The van der Waals surface area contributed by atoms with E-state index in [2.05, 4.69) is 16.3 Å². The van der Waals surface area contributed by atoms with Gasteiger partial charge in [0.25, 0.3) is 5.56 Å². The predicted molar refractivity (Wildman–Crippen MR) is 174 cm³/mol. The molecule has 0 saturated carbocycles. The Kier molecular flexibility index (Phi) is 11.4. The molecule has 2 aromatic carbocycles. The molecule has 0 fully saturated rings. The molecule has 46 heavy (non-hydrogen) atoms. The average molecular weight is 651 g/mol. The van der Waals surface area contributed by atoms with Crippen LogP contribution >= 0.6 is 11.3 Å². The third kappa shape index (κ3) is 7.17. The molecule has 0 unspecified atom stereocenters. The summed E-state index contributed by atoms with van der Waals surface area (Å²) in [5.74, 6) is 0.668. The first kappa shape index (κ1) is 34.0. The van der Waals surface area contributed by atoms with Crippen molar-refractivity contribution in [3.05, 3.63) is 90.6 Å². The van der Waals surface area contributed by atoms with Crippen LogP contribution in [-0.4, -0.2) is 57.2 Å². The minimum atomic E-state index is -0.877. The summed E-state index contributed by atoms with van der Waals surface area (Å²) in [6, 6.07) is 7.90. The van der Waals surface area contributed by atoms with E-state index < -0.39 is 18.0 Å². The Morgan fingerprint density at radius 1 is 1.00 bits per heavy atom. The number of carbonyl (C=O) groups is 2. The van der Waals surface area contributed by atoms with Crippen LogP contribution in [-0.2, 0) is 25.5 Å². The lowest BCUT2D eigenvalue weighted by Crippen LogP contribution is -2.40. The van der Waals surface area contributed by atoms with E-state index in [1.165, 1.54) is 23.0 Å². The zero-order valence-electron chi connectivity index (χ0n) is 26.8. The van der Waals surface area contributed by atoms with Crippen molar-refractivity contribution in [2.24, 2.45) is 4.99 Å². The Morgan fingerprint density at radius 3 is 2.41 bits per heavy atom. The molecule has 0 aliphatic carbocycles. The van der Waals surface area contributed by atoms with Gasteiger partial charge in [-0.15, -0.1) is 6.58 Å². The monoisotopic (exact) mass is 650 g/mol. The molecule has 0 bridgehead atoms.